The predicted octanol–water partition coefficient (Wildman–Crippen LogP) is 3.70. The minimum atomic E-state index is -1.05. The highest BCUT2D eigenvalue weighted by Crippen LogP contribution is 2.35. The lowest BCUT2D eigenvalue weighted by molar-refractivity contribution is -0.0284. The van der Waals surface area contributed by atoms with Crippen LogP contribution >= 0.6 is 0 Å². The zero-order valence-electron chi connectivity index (χ0n) is 17.5. The molecule has 3 N–H and O–H groups in total. The van der Waals surface area contributed by atoms with Crippen LogP contribution in [0.25, 0.3) is 16.8 Å². The summed E-state index contributed by atoms with van der Waals surface area (Å²) in [7, 11) is 0. The van der Waals surface area contributed by atoms with Crippen LogP contribution in [0.15, 0.2) is 48.8 Å². The predicted molar refractivity (Wildman–Crippen MR) is 116 cm³/mol. The second-order valence-corrected chi connectivity index (χ2v) is 7.81. The van der Waals surface area contributed by atoms with Crippen molar-refractivity contribution in [3.05, 3.63) is 66.3 Å². The Kier molecular flexibility index (Phi) is 5.61. The van der Waals surface area contributed by atoms with E-state index in [2.05, 4.69) is 10.1 Å². The molecular formula is C23H21F2N5O3. The van der Waals surface area contributed by atoms with Gasteiger partial charge in [-0.05, 0) is 49.2 Å². The molecule has 1 fully saturated rings. The molecule has 170 valence electrons. The summed E-state index contributed by atoms with van der Waals surface area (Å²) in [5.74, 6) is -0.913. The molecule has 2 atom stereocenters. The monoisotopic (exact) mass is 453 g/mol. The number of nitrogens with zero attached hydrogens (tertiary/aromatic N) is 4. The van der Waals surface area contributed by atoms with Crippen LogP contribution in [0, 0.1) is 11.6 Å². The molecular weight excluding hydrogens is 432 g/mol. The van der Waals surface area contributed by atoms with E-state index in [-0.39, 0.29) is 30.2 Å². The van der Waals surface area contributed by atoms with Gasteiger partial charge in [-0.2, -0.15) is 9.49 Å². The van der Waals surface area contributed by atoms with Gasteiger partial charge in [-0.1, -0.05) is 6.07 Å². The Morgan fingerprint density at radius 3 is 2.70 bits per heavy atom. The van der Waals surface area contributed by atoms with E-state index in [4.69, 9.17) is 20.2 Å². The van der Waals surface area contributed by atoms with Crippen molar-refractivity contribution in [2.75, 3.05) is 18.9 Å². The average molecular weight is 453 g/mol. The minimum absolute atomic E-state index is 0.0106. The maximum atomic E-state index is 13.9. The second kappa shape index (κ2) is 8.72. The fourth-order valence-corrected chi connectivity index (χ4v) is 3.97. The maximum Gasteiger partial charge on any atom is 0.201 e. The first kappa shape index (κ1) is 21.2. The van der Waals surface area contributed by atoms with Gasteiger partial charge in [-0.25, -0.2) is 18.9 Å². The first-order valence-electron chi connectivity index (χ1n) is 10.5. The largest absolute Gasteiger partial charge is 0.454 e. The molecule has 0 amide bonds. The van der Waals surface area contributed by atoms with E-state index in [1.54, 1.807) is 28.8 Å². The van der Waals surface area contributed by atoms with E-state index < -0.39 is 11.6 Å². The van der Waals surface area contributed by atoms with Crippen molar-refractivity contribution in [1.29, 1.82) is 0 Å². The van der Waals surface area contributed by atoms with E-state index in [0.29, 0.717) is 35.8 Å². The SMILES string of the molecule is Nc1ncnn2c([C@@H]3CC[C@H](CO)OC3)nc(-c3ccc(Oc4cccc(F)c4F)cc3)c12. The summed E-state index contributed by atoms with van der Waals surface area (Å²) in [4.78, 5) is 8.93. The molecule has 1 saturated heterocycles. The number of aliphatic hydroxyl groups is 1. The Balaban J connectivity index is 1.48. The Morgan fingerprint density at radius 1 is 1.15 bits per heavy atom. The molecule has 0 unspecified atom stereocenters. The molecule has 1 aliphatic rings. The highest BCUT2D eigenvalue weighted by Gasteiger charge is 2.28. The number of hydrogen-bond donors (Lipinski definition) is 2. The highest BCUT2D eigenvalue weighted by atomic mass is 19.2. The van der Waals surface area contributed by atoms with Crippen LogP contribution in [0.5, 0.6) is 11.5 Å². The Bertz CT molecular complexity index is 1290. The van der Waals surface area contributed by atoms with Gasteiger partial charge in [0.1, 0.15) is 29.1 Å². The van der Waals surface area contributed by atoms with Crippen molar-refractivity contribution in [3.63, 3.8) is 0 Å². The van der Waals surface area contributed by atoms with Crippen molar-refractivity contribution >= 4 is 11.3 Å². The summed E-state index contributed by atoms with van der Waals surface area (Å²) >= 11 is 0. The van der Waals surface area contributed by atoms with Crippen molar-refractivity contribution in [2.45, 2.75) is 24.9 Å². The zero-order chi connectivity index (χ0) is 22.9. The van der Waals surface area contributed by atoms with E-state index in [9.17, 15) is 13.9 Å². The van der Waals surface area contributed by atoms with Gasteiger partial charge < -0.3 is 20.3 Å². The van der Waals surface area contributed by atoms with Crippen molar-refractivity contribution in [1.82, 2.24) is 19.6 Å². The minimum Gasteiger partial charge on any atom is -0.454 e. The summed E-state index contributed by atoms with van der Waals surface area (Å²) in [5.41, 5.74) is 8.06. The van der Waals surface area contributed by atoms with E-state index >= 15 is 0 Å². The number of hydrogen-bond acceptors (Lipinski definition) is 7. The first-order valence-corrected chi connectivity index (χ1v) is 10.5. The molecule has 10 heteroatoms. The molecule has 2 aromatic carbocycles. The number of anilines is 1. The Labute approximate surface area is 187 Å². The molecule has 3 heterocycles. The molecule has 33 heavy (non-hydrogen) atoms. The Morgan fingerprint density at radius 2 is 1.97 bits per heavy atom. The molecule has 0 bridgehead atoms. The third kappa shape index (κ3) is 3.98. The third-order valence-electron chi connectivity index (χ3n) is 5.70. The lowest BCUT2D eigenvalue weighted by atomic mass is 9.98. The average Bonchev–Trinajstić information content (AvgIpc) is 3.24. The fraction of sp³-hybridized carbons (Fsp3) is 0.261. The fourth-order valence-electron chi connectivity index (χ4n) is 3.97. The lowest BCUT2D eigenvalue weighted by Gasteiger charge is -2.26. The van der Waals surface area contributed by atoms with Gasteiger partial charge in [-0.15, -0.1) is 0 Å². The summed E-state index contributed by atoms with van der Waals surface area (Å²) in [5, 5.41) is 13.7. The molecule has 0 aliphatic carbocycles. The topological polar surface area (TPSA) is 108 Å². The number of rotatable bonds is 5. The number of imidazole rings is 1. The standard InChI is InChI=1S/C23H21F2N5O3/c24-17-2-1-3-18(19(17)25)33-15-7-4-13(5-8-15)20-21-22(26)27-12-28-30(21)23(29-20)14-6-9-16(10-31)32-11-14/h1-5,7-8,12,14,16,31H,6,9-11H2,(H2,26,27,28)/t14-,16-/m1/s1. The molecule has 0 spiro atoms. The first-order chi connectivity index (χ1) is 16.0. The van der Waals surface area contributed by atoms with Crippen LogP contribution < -0.4 is 10.5 Å². The summed E-state index contributed by atoms with van der Waals surface area (Å²) in [6, 6.07) is 10.5. The number of benzene rings is 2. The molecule has 4 aromatic rings. The third-order valence-corrected chi connectivity index (χ3v) is 5.70. The van der Waals surface area contributed by atoms with Crippen LogP contribution in [0.3, 0.4) is 0 Å². The summed E-state index contributed by atoms with van der Waals surface area (Å²) < 4.78 is 40.2. The van der Waals surface area contributed by atoms with Crippen molar-refractivity contribution in [2.24, 2.45) is 0 Å². The number of ether oxygens (including phenoxy) is 2. The number of fused-ring (bicyclic) bond motifs is 1. The van der Waals surface area contributed by atoms with E-state index in [1.807, 2.05) is 0 Å². The summed E-state index contributed by atoms with van der Waals surface area (Å²) in [6.45, 7) is 0.406. The van der Waals surface area contributed by atoms with Gasteiger partial charge in [0.25, 0.3) is 0 Å². The zero-order valence-corrected chi connectivity index (χ0v) is 17.5. The molecule has 8 nitrogen and oxygen atoms in total. The van der Waals surface area contributed by atoms with Crippen molar-refractivity contribution in [3.8, 4) is 22.8 Å². The van der Waals surface area contributed by atoms with E-state index in [0.717, 1.165) is 18.1 Å². The van der Waals surface area contributed by atoms with Gasteiger partial charge in [0.2, 0.25) is 5.82 Å². The van der Waals surface area contributed by atoms with E-state index in [1.165, 1.54) is 18.5 Å². The van der Waals surface area contributed by atoms with Gasteiger partial charge in [0.05, 0.1) is 19.3 Å². The number of nitrogen functional groups attached to an aromatic ring is 1. The van der Waals surface area contributed by atoms with Crippen LogP contribution in [0.4, 0.5) is 14.6 Å². The number of halogens is 2. The summed E-state index contributed by atoms with van der Waals surface area (Å²) in [6.07, 6.45) is 2.72. The van der Waals surface area contributed by atoms with Gasteiger partial charge in [0, 0.05) is 11.5 Å². The second-order valence-electron chi connectivity index (χ2n) is 7.81. The molecule has 5 rings (SSSR count). The van der Waals surface area contributed by atoms with Gasteiger partial charge >= 0.3 is 0 Å². The van der Waals surface area contributed by atoms with Gasteiger partial charge in [0.15, 0.2) is 17.4 Å². The Hall–Kier alpha value is -3.63. The normalized spacial score (nSPS) is 18.5. The molecule has 0 radical (unpaired) electrons. The number of nitrogens with two attached hydrogens (primary N) is 1. The smallest absolute Gasteiger partial charge is 0.201 e. The lowest BCUT2D eigenvalue weighted by Crippen LogP contribution is -2.28. The quantitative estimate of drug-likeness (QED) is 0.474. The van der Waals surface area contributed by atoms with Crippen LogP contribution in [-0.2, 0) is 4.74 Å². The van der Waals surface area contributed by atoms with Gasteiger partial charge in [-0.3, -0.25) is 0 Å². The van der Waals surface area contributed by atoms with Crippen LogP contribution in [0.2, 0.25) is 0 Å². The molecule has 0 saturated carbocycles. The highest BCUT2D eigenvalue weighted by molar-refractivity contribution is 5.85. The number of aromatic nitrogens is 4. The number of aliphatic hydroxyl groups excluding tert-OH is 1. The van der Waals surface area contributed by atoms with Crippen molar-refractivity contribution < 1.29 is 23.4 Å². The van der Waals surface area contributed by atoms with Crippen LogP contribution in [-0.4, -0.2) is 44.0 Å². The maximum absolute atomic E-state index is 13.9. The van der Waals surface area contributed by atoms with Crippen LogP contribution in [0.1, 0.15) is 24.6 Å². The molecule has 2 aromatic heterocycles. The molecule has 1 aliphatic heterocycles.